The van der Waals surface area contributed by atoms with Gasteiger partial charge in [0.2, 0.25) is 0 Å². The number of aliphatic hydroxyl groups is 1. The lowest BCUT2D eigenvalue weighted by atomic mass is 9.97. The Hall–Kier alpha value is -1.39. The van der Waals surface area contributed by atoms with Crippen LogP contribution in [-0.4, -0.2) is 35.9 Å². The quantitative estimate of drug-likeness (QED) is 0.812. The molecule has 0 spiro atoms. The van der Waals surface area contributed by atoms with Crippen LogP contribution in [0.5, 0.6) is 0 Å². The monoisotopic (exact) mass is 319 g/mol. The van der Waals surface area contributed by atoms with Gasteiger partial charge in [-0.25, -0.2) is 0 Å². The molecule has 0 heterocycles. The van der Waals surface area contributed by atoms with Gasteiger partial charge in [0.05, 0.1) is 17.7 Å². The fraction of sp³-hybridized carbons (Fsp3) is 0.632. The average molecular weight is 319 g/mol. The molecule has 1 aromatic carbocycles. The summed E-state index contributed by atoms with van der Waals surface area (Å²) in [6.07, 6.45) is 5.75. The molecule has 128 valence electrons. The van der Waals surface area contributed by atoms with Gasteiger partial charge in [0.1, 0.15) is 0 Å². The maximum atomic E-state index is 12.5. The van der Waals surface area contributed by atoms with Crippen molar-refractivity contribution in [2.75, 3.05) is 13.7 Å². The number of rotatable bonds is 7. The summed E-state index contributed by atoms with van der Waals surface area (Å²) in [5.74, 6) is -0.0296. The Balaban J connectivity index is 1.97. The molecule has 1 aromatic rings. The lowest BCUT2D eigenvalue weighted by Crippen LogP contribution is -2.49. The first-order chi connectivity index (χ1) is 10.8. The lowest BCUT2D eigenvalue weighted by Gasteiger charge is -2.29. The molecular weight excluding hydrogens is 290 g/mol. The third kappa shape index (κ3) is 5.33. The van der Waals surface area contributed by atoms with E-state index in [9.17, 15) is 9.90 Å². The van der Waals surface area contributed by atoms with E-state index in [1.54, 1.807) is 7.11 Å². The molecule has 1 fully saturated rings. The van der Waals surface area contributed by atoms with Gasteiger partial charge in [0, 0.05) is 12.7 Å². The van der Waals surface area contributed by atoms with Crippen LogP contribution in [0.25, 0.3) is 0 Å². The molecule has 23 heavy (non-hydrogen) atoms. The van der Waals surface area contributed by atoms with Crippen molar-refractivity contribution < 1.29 is 14.6 Å². The van der Waals surface area contributed by atoms with E-state index >= 15 is 0 Å². The molecule has 0 aliphatic heterocycles. The lowest BCUT2D eigenvalue weighted by molar-refractivity contribution is 0.0712. The topological polar surface area (TPSA) is 58.6 Å². The number of hydrogen-bond donors (Lipinski definition) is 2. The van der Waals surface area contributed by atoms with E-state index in [1.807, 2.05) is 38.1 Å². The molecule has 4 nitrogen and oxygen atoms in total. The highest BCUT2D eigenvalue weighted by Gasteiger charge is 2.35. The van der Waals surface area contributed by atoms with Crippen molar-refractivity contribution in [1.29, 1.82) is 0 Å². The number of hydrogen-bond acceptors (Lipinski definition) is 3. The Morgan fingerprint density at radius 2 is 1.87 bits per heavy atom. The van der Waals surface area contributed by atoms with E-state index < -0.39 is 5.60 Å². The first-order valence-corrected chi connectivity index (χ1v) is 8.46. The fourth-order valence-corrected chi connectivity index (χ4v) is 3.22. The van der Waals surface area contributed by atoms with Crippen LogP contribution in [0.4, 0.5) is 0 Å². The molecule has 0 aromatic heterocycles. The molecule has 1 aliphatic rings. The Morgan fingerprint density at radius 3 is 2.39 bits per heavy atom. The first kappa shape index (κ1) is 18.0. The van der Waals surface area contributed by atoms with Gasteiger partial charge in [-0.2, -0.15) is 0 Å². The Bertz CT molecular complexity index is 510. The summed E-state index contributed by atoms with van der Waals surface area (Å²) in [7, 11) is 1.68. The van der Waals surface area contributed by atoms with Gasteiger partial charge >= 0.3 is 0 Å². The van der Waals surface area contributed by atoms with E-state index in [4.69, 9.17) is 4.74 Å². The van der Waals surface area contributed by atoms with Crippen molar-refractivity contribution >= 4 is 5.91 Å². The summed E-state index contributed by atoms with van der Waals surface area (Å²) in [6, 6.07) is 7.67. The molecule has 0 bridgehead atoms. The normalized spacial score (nSPS) is 17.2. The van der Waals surface area contributed by atoms with Crippen molar-refractivity contribution in [1.82, 2.24) is 5.32 Å². The smallest absolute Gasteiger partial charge is 0.251 e. The summed E-state index contributed by atoms with van der Waals surface area (Å²) in [6.45, 7) is 4.19. The molecule has 4 heteroatoms. The maximum Gasteiger partial charge on any atom is 0.251 e. The predicted molar refractivity (Wildman–Crippen MR) is 91.6 cm³/mol. The summed E-state index contributed by atoms with van der Waals surface area (Å²) < 4.78 is 5.31. The van der Waals surface area contributed by atoms with Crippen LogP contribution in [0, 0.1) is 0 Å². The van der Waals surface area contributed by atoms with Gasteiger partial charge in [0.25, 0.3) is 5.91 Å². The van der Waals surface area contributed by atoms with Crippen LogP contribution < -0.4 is 5.32 Å². The van der Waals surface area contributed by atoms with Crippen LogP contribution in [0.1, 0.15) is 61.9 Å². The fourth-order valence-electron chi connectivity index (χ4n) is 3.22. The first-order valence-electron chi connectivity index (χ1n) is 8.46. The summed E-state index contributed by atoms with van der Waals surface area (Å²) >= 11 is 0. The Labute approximate surface area is 139 Å². The van der Waals surface area contributed by atoms with E-state index in [2.05, 4.69) is 5.32 Å². The molecule has 0 unspecified atom stereocenters. The van der Waals surface area contributed by atoms with Crippen molar-refractivity contribution in [2.24, 2.45) is 0 Å². The second-order valence-corrected chi connectivity index (χ2v) is 7.38. The van der Waals surface area contributed by atoms with Crippen molar-refractivity contribution in [3.05, 3.63) is 35.4 Å². The number of carbonyl (C=O) groups excluding carboxylic acids is 1. The minimum atomic E-state index is -0.662. The maximum absolute atomic E-state index is 12.5. The number of carbonyl (C=O) groups is 1. The Kier molecular flexibility index (Phi) is 5.82. The molecule has 2 N–H and O–H groups in total. The SMILES string of the molecule is COCC1(NC(=O)c2ccc(CCC(C)(C)O)cc2)CCCC1. The van der Waals surface area contributed by atoms with Crippen LogP contribution in [0.2, 0.25) is 0 Å². The summed E-state index contributed by atoms with van der Waals surface area (Å²) in [5, 5.41) is 13.0. The van der Waals surface area contributed by atoms with E-state index in [1.165, 1.54) is 0 Å². The van der Waals surface area contributed by atoms with Gasteiger partial charge in [-0.05, 0) is 57.2 Å². The predicted octanol–water partition coefficient (Wildman–Crippen LogP) is 3.08. The third-order valence-corrected chi connectivity index (χ3v) is 4.60. The Morgan fingerprint density at radius 1 is 1.26 bits per heavy atom. The third-order valence-electron chi connectivity index (χ3n) is 4.60. The molecule has 0 saturated heterocycles. The van der Waals surface area contributed by atoms with Crippen LogP contribution in [0.15, 0.2) is 24.3 Å². The van der Waals surface area contributed by atoms with Crippen LogP contribution in [-0.2, 0) is 11.2 Å². The molecule has 1 aliphatic carbocycles. The van der Waals surface area contributed by atoms with Gasteiger partial charge in [-0.3, -0.25) is 4.79 Å². The van der Waals surface area contributed by atoms with Gasteiger partial charge in [0.15, 0.2) is 0 Å². The number of aryl methyl sites for hydroxylation is 1. The van der Waals surface area contributed by atoms with E-state index in [0.29, 0.717) is 18.6 Å². The minimum Gasteiger partial charge on any atom is -0.390 e. The van der Waals surface area contributed by atoms with Crippen molar-refractivity contribution in [2.45, 2.75) is 63.5 Å². The second-order valence-electron chi connectivity index (χ2n) is 7.38. The zero-order valence-corrected chi connectivity index (χ0v) is 14.5. The highest BCUT2D eigenvalue weighted by molar-refractivity contribution is 5.94. The van der Waals surface area contributed by atoms with Crippen molar-refractivity contribution in [3.8, 4) is 0 Å². The number of methoxy groups -OCH3 is 1. The van der Waals surface area contributed by atoms with E-state index in [-0.39, 0.29) is 11.4 Å². The molecule has 0 radical (unpaired) electrons. The minimum absolute atomic E-state index is 0.0296. The van der Waals surface area contributed by atoms with Gasteiger partial charge in [-0.15, -0.1) is 0 Å². The number of ether oxygens (including phenoxy) is 1. The largest absolute Gasteiger partial charge is 0.390 e. The molecule has 1 saturated carbocycles. The zero-order valence-electron chi connectivity index (χ0n) is 14.5. The number of benzene rings is 1. The zero-order chi connectivity index (χ0) is 16.9. The van der Waals surface area contributed by atoms with Crippen LogP contribution in [0.3, 0.4) is 0 Å². The second kappa shape index (κ2) is 7.45. The number of amides is 1. The van der Waals surface area contributed by atoms with Crippen LogP contribution >= 0.6 is 0 Å². The molecular formula is C19H29NO3. The molecule has 1 amide bonds. The van der Waals surface area contributed by atoms with Gasteiger partial charge < -0.3 is 15.2 Å². The average Bonchev–Trinajstić information content (AvgIpc) is 2.93. The van der Waals surface area contributed by atoms with Gasteiger partial charge in [-0.1, -0.05) is 25.0 Å². The molecule has 0 atom stereocenters. The highest BCUT2D eigenvalue weighted by atomic mass is 16.5. The highest BCUT2D eigenvalue weighted by Crippen LogP contribution is 2.30. The standard InChI is InChI=1S/C19H29NO3/c1-18(2,22)13-10-15-6-8-16(9-7-15)17(21)20-19(14-23-3)11-4-5-12-19/h6-9,22H,4-5,10-14H2,1-3H3,(H,20,21). The molecule has 2 rings (SSSR count). The van der Waals surface area contributed by atoms with E-state index in [0.717, 1.165) is 37.7 Å². The summed E-state index contributed by atoms with van der Waals surface area (Å²) in [5.41, 5.74) is 0.951. The number of nitrogens with one attached hydrogen (secondary N) is 1. The van der Waals surface area contributed by atoms with Crippen molar-refractivity contribution in [3.63, 3.8) is 0 Å². The summed E-state index contributed by atoms with van der Waals surface area (Å²) in [4.78, 5) is 12.5.